The summed E-state index contributed by atoms with van der Waals surface area (Å²) in [6.07, 6.45) is 5.51. The van der Waals surface area contributed by atoms with Crippen LogP contribution in [0.25, 0.3) is 0 Å². The van der Waals surface area contributed by atoms with Crippen LogP contribution in [0.2, 0.25) is 0 Å². The Labute approximate surface area is 169 Å². The standard InChI is InChI=1S/C20H38O7S/c1-5-9-11-13-15-20(18(23)24,28(25,26)27)16(17(21)22)19(7-3,8-4)14-12-10-6-2/h16H,5-15H2,1-4H3,(H,21,22)(H,23,24)(H,25,26,27). The zero-order valence-corrected chi connectivity index (χ0v) is 18.6. The summed E-state index contributed by atoms with van der Waals surface area (Å²) in [5.41, 5.74) is -1.03. The molecule has 3 N–H and O–H groups in total. The highest BCUT2D eigenvalue weighted by Gasteiger charge is 2.64. The van der Waals surface area contributed by atoms with Gasteiger partial charge in [-0.05, 0) is 31.1 Å². The Hall–Kier alpha value is -1.15. The normalized spacial score (nSPS) is 15.8. The molecular formula is C20H38O7S. The van der Waals surface area contributed by atoms with Gasteiger partial charge in [-0.3, -0.25) is 14.1 Å². The lowest BCUT2D eigenvalue weighted by molar-refractivity contribution is -0.159. The summed E-state index contributed by atoms with van der Waals surface area (Å²) in [5.74, 6) is -4.97. The van der Waals surface area contributed by atoms with Gasteiger partial charge in [0.1, 0.15) is 0 Å². The summed E-state index contributed by atoms with van der Waals surface area (Å²) in [6.45, 7) is 7.49. The molecule has 0 fully saturated rings. The number of carbonyl (C=O) groups is 2. The Morgan fingerprint density at radius 1 is 0.821 bits per heavy atom. The van der Waals surface area contributed by atoms with Crippen LogP contribution in [-0.2, 0) is 19.7 Å². The highest BCUT2D eigenvalue weighted by Crippen LogP contribution is 2.50. The number of hydrogen-bond acceptors (Lipinski definition) is 4. The first kappa shape index (κ1) is 26.9. The number of carboxylic acid groups (broad SMARTS) is 2. The van der Waals surface area contributed by atoms with Crippen LogP contribution in [0.4, 0.5) is 0 Å². The van der Waals surface area contributed by atoms with Gasteiger partial charge in [0.2, 0.25) is 4.75 Å². The predicted octanol–water partition coefficient (Wildman–Crippen LogP) is 4.76. The number of unbranched alkanes of at least 4 members (excludes halogenated alkanes) is 5. The molecule has 0 aliphatic rings. The van der Waals surface area contributed by atoms with Crippen LogP contribution in [0, 0.1) is 11.3 Å². The second-order valence-corrected chi connectivity index (χ2v) is 9.46. The Morgan fingerprint density at radius 2 is 1.29 bits per heavy atom. The second kappa shape index (κ2) is 11.8. The molecule has 0 bridgehead atoms. The molecule has 8 heteroatoms. The molecule has 2 unspecified atom stereocenters. The van der Waals surface area contributed by atoms with Crippen molar-refractivity contribution in [2.24, 2.45) is 11.3 Å². The van der Waals surface area contributed by atoms with Crippen LogP contribution in [0.1, 0.15) is 98.3 Å². The van der Waals surface area contributed by atoms with Gasteiger partial charge in [0.25, 0.3) is 10.1 Å². The van der Waals surface area contributed by atoms with E-state index in [1.54, 1.807) is 13.8 Å². The average molecular weight is 423 g/mol. The van der Waals surface area contributed by atoms with Crippen molar-refractivity contribution >= 4 is 22.1 Å². The maximum Gasteiger partial charge on any atom is 0.328 e. The van der Waals surface area contributed by atoms with E-state index in [1.165, 1.54) is 0 Å². The first-order chi connectivity index (χ1) is 13.0. The van der Waals surface area contributed by atoms with E-state index < -0.39 is 44.6 Å². The molecule has 0 rings (SSSR count). The minimum Gasteiger partial charge on any atom is -0.481 e. The SMILES string of the molecule is CCCCCCC(C(=O)O)(C(C(=O)O)C(CC)(CC)CCCCC)S(=O)(=O)O. The lowest BCUT2D eigenvalue weighted by atomic mass is 9.62. The Morgan fingerprint density at radius 3 is 1.64 bits per heavy atom. The summed E-state index contributed by atoms with van der Waals surface area (Å²) in [4.78, 5) is 24.6. The van der Waals surface area contributed by atoms with Gasteiger partial charge in [-0.25, -0.2) is 0 Å². The summed E-state index contributed by atoms with van der Waals surface area (Å²) >= 11 is 0. The number of aliphatic carboxylic acids is 2. The maximum atomic E-state index is 12.4. The zero-order valence-electron chi connectivity index (χ0n) is 17.7. The molecule has 2 atom stereocenters. The third-order valence-electron chi connectivity index (χ3n) is 6.24. The van der Waals surface area contributed by atoms with Crippen LogP contribution < -0.4 is 0 Å². The van der Waals surface area contributed by atoms with Gasteiger partial charge in [-0.2, -0.15) is 8.42 Å². The van der Waals surface area contributed by atoms with Gasteiger partial charge in [-0.1, -0.05) is 72.6 Å². The second-order valence-electron chi connectivity index (χ2n) is 7.78. The molecule has 0 aromatic carbocycles. The molecule has 0 aliphatic heterocycles. The van der Waals surface area contributed by atoms with Crippen molar-refractivity contribution in [1.29, 1.82) is 0 Å². The third-order valence-corrected chi connectivity index (χ3v) is 7.77. The van der Waals surface area contributed by atoms with Crippen molar-refractivity contribution in [3.05, 3.63) is 0 Å². The first-order valence-electron chi connectivity index (χ1n) is 10.4. The smallest absolute Gasteiger partial charge is 0.328 e. The van der Waals surface area contributed by atoms with E-state index in [0.29, 0.717) is 32.1 Å². The van der Waals surface area contributed by atoms with Crippen molar-refractivity contribution in [1.82, 2.24) is 0 Å². The summed E-state index contributed by atoms with van der Waals surface area (Å²) in [7, 11) is -5.17. The molecule has 0 aromatic heterocycles. The Bertz CT molecular complexity index is 596. The predicted molar refractivity (Wildman–Crippen MR) is 109 cm³/mol. The Balaban J connectivity index is 6.49. The molecule has 0 saturated carbocycles. The molecule has 7 nitrogen and oxygen atoms in total. The molecule has 0 amide bonds. The van der Waals surface area contributed by atoms with E-state index in [-0.39, 0.29) is 6.42 Å². The minimum absolute atomic E-state index is 0.224. The largest absolute Gasteiger partial charge is 0.481 e. The number of rotatable bonds is 16. The van der Waals surface area contributed by atoms with E-state index in [1.807, 2.05) is 13.8 Å². The molecule has 0 aliphatic carbocycles. The lowest BCUT2D eigenvalue weighted by Gasteiger charge is -2.45. The monoisotopic (exact) mass is 422 g/mol. The molecule has 0 aromatic rings. The van der Waals surface area contributed by atoms with Crippen molar-refractivity contribution in [2.45, 2.75) is 103 Å². The maximum absolute atomic E-state index is 12.4. The average Bonchev–Trinajstić information content (AvgIpc) is 2.61. The van der Waals surface area contributed by atoms with Crippen LogP contribution in [0.5, 0.6) is 0 Å². The van der Waals surface area contributed by atoms with Crippen molar-refractivity contribution in [3.8, 4) is 0 Å². The van der Waals surface area contributed by atoms with Gasteiger partial charge >= 0.3 is 11.9 Å². The van der Waals surface area contributed by atoms with Gasteiger partial charge in [0, 0.05) is 0 Å². The van der Waals surface area contributed by atoms with E-state index in [4.69, 9.17) is 0 Å². The Kier molecular flexibility index (Phi) is 11.3. The summed E-state index contributed by atoms with van der Waals surface area (Å²) in [5, 5.41) is 20.0. The minimum atomic E-state index is -5.17. The fraction of sp³-hybridized carbons (Fsp3) is 0.900. The van der Waals surface area contributed by atoms with E-state index in [0.717, 1.165) is 25.7 Å². The molecule has 166 valence electrons. The number of carboxylic acids is 2. The van der Waals surface area contributed by atoms with E-state index >= 15 is 0 Å². The van der Waals surface area contributed by atoms with Crippen LogP contribution >= 0.6 is 0 Å². The third kappa shape index (κ3) is 5.92. The van der Waals surface area contributed by atoms with Crippen LogP contribution in [0.15, 0.2) is 0 Å². The first-order valence-corrected chi connectivity index (χ1v) is 11.9. The van der Waals surface area contributed by atoms with Crippen molar-refractivity contribution < 1.29 is 32.8 Å². The summed E-state index contributed by atoms with van der Waals surface area (Å²) < 4.78 is 32.1. The lowest BCUT2D eigenvalue weighted by Crippen LogP contribution is -2.60. The highest BCUT2D eigenvalue weighted by molar-refractivity contribution is 7.88. The quantitative estimate of drug-likeness (QED) is 0.242. The molecular weight excluding hydrogens is 384 g/mol. The van der Waals surface area contributed by atoms with Crippen LogP contribution in [-0.4, -0.2) is 39.9 Å². The van der Waals surface area contributed by atoms with E-state index in [9.17, 15) is 32.8 Å². The summed E-state index contributed by atoms with van der Waals surface area (Å²) in [6, 6.07) is 0. The van der Waals surface area contributed by atoms with Gasteiger partial charge in [-0.15, -0.1) is 0 Å². The highest BCUT2D eigenvalue weighted by atomic mass is 32.2. The van der Waals surface area contributed by atoms with Crippen molar-refractivity contribution in [3.63, 3.8) is 0 Å². The molecule has 0 heterocycles. The topological polar surface area (TPSA) is 129 Å². The van der Waals surface area contributed by atoms with Gasteiger partial charge in [0.05, 0.1) is 5.92 Å². The molecule has 28 heavy (non-hydrogen) atoms. The molecule has 0 radical (unpaired) electrons. The number of hydrogen-bond donors (Lipinski definition) is 3. The van der Waals surface area contributed by atoms with E-state index in [2.05, 4.69) is 0 Å². The fourth-order valence-corrected chi connectivity index (χ4v) is 5.69. The van der Waals surface area contributed by atoms with Gasteiger partial charge < -0.3 is 10.2 Å². The molecule has 0 saturated heterocycles. The fourth-order valence-electron chi connectivity index (χ4n) is 4.42. The van der Waals surface area contributed by atoms with Crippen LogP contribution in [0.3, 0.4) is 0 Å². The zero-order chi connectivity index (χ0) is 22.0. The van der Waals surface area contributed by atoms with Gasteiger partial charge in [0.15, 0.2) is 0 Å². The van der Waals surface area contributed by atoms with Crippen molar-refractivity contribution in [2.75, 3.05) is 0 Å². The molecule has 0 spiro atoms.